The molecular weight excluding hydrogens is 328 g/mol. The Labute approximate surface area is 153 Å². The maximum Gasteiger partial charge on any atom is 0.225 e. The predicted molar refractivity (Wildman–Crippen MR) is 103 cm³/mol. The highest BCUT2D eigenvalue weighted by atomic mass is 16.5. The summed E-state index contributed by atoms with van der Waals surface area (Å²) in [6.45, 7) is 3.47. The van der Waals surface area contributed by atoms with Gasteiger partial charge < -0.3 is 14.6 Å². The minimum atomic E-state index is 0.00576. The van der Waals surface area contributed by atoms with Gasteiger partial charge >= 0.3 is 0 Å². The van der Waals surface area contributed by atoms with Gasteiger partial charge in [-0.2, -0.15) is 5.10 Å². The number of nitrogens with one attached hydrogen (secondary N) is 1. The Bertz CT molecular complexity index is 875. The number of fused-ring (bicyclic) bond motifs is 1. The third-order valence-electron chi connectivity index (χ3n) is 4.64. The summed E-state index contributed by atoms with van der Waals surface area (Å²) < 4.78 is 9.18. The van der Waals surface area contributed by atoms with E-state index in [0.29, 0.717) is 18.8 Å². The predicted octanol–water partition coefficient (Wildman–Crippen LogP) is 3.29. The molecule has 1 aromatic carbocycles. The van der Waals surface area contributed by atoms with Crippen molar-refractivity contribution in [1.82, 2.24) is 14.3 Å². The maximum atomic E-state index is 12.2. The molecule has 0 fully saturated rings. The fraction of sp³-hybridized carbons (Fsp3) is 0.400. The number of rotatable bonds is 8. The molecule has 1 amide bonds. The monoisotopic (exact) mass is 354 g/mol. The summed E-state index contributed by atoms with van der Waals surface area (Å²) in [5.41, 5.74) is 3.51. The first-order chi connectivity index (χ1) is 12.6. The van der Waals surface area contributed by atoms with E-state index in [1.54, 1.807) is 11.8 Å². The third kappa shape index (κ3) is 4.14. The SMILES string of the molecule is COCCn1cc(CCCC(=O)Nc2cc(C)n(C)n2)c2ccccc21. The van der Waals surface area contributed by atoms with E-state index in [-0.39, 0.29) is 5.91 Å². The lowest BCUT2D eigenvalue weighted by Gasteiger charge is -2.03. The van der Waals surface area contributed by atoms with Gasteiger partial charge in [0.05, 0.1) is 6.61 Å². The minimum absolute atomic E-state index is 0.00576. The van der Waals surface area contributed by atoms with Crippen LogP contribution >= 0.6 is 0 Å². The molecule has 1 N–H and O–H groups in total. The largest absolute Gasteiger partial charge is 0.383 e. The van der Waals surface area contributed by atoms with Crippen molar-refractivity contribution in [2.24, 2.45) is 7.05 Å². The summed E-state index contributed by atoms with van der Waals surface area (Å²) in [5, 5.41) is 8.38. The molecule has 6 heteroatoms. The molecule has 0 atom stereocenters. The van der Waals surface area contributed by atoms with E-state index in [1.165, 1.54) is 16.5 Å². The molecule has 3 rings (SSSR count). The van der Waals surface area contributed by atoms with Gasteiger partial charge in [-0.1, -0.05) is 18.2 Å². The number of para-hydroxylation sites is 1. The normalized spacial score (nSPS) is 11.2. The number of anilines is 1. The van der Waals surface area contributed by atoms with Gasteiger partial charge in [-0.25, -0.2) is 0 Å². The van der Waals surface area contributed by atoms with E-state index in [1.807, 2.05) is 20.0 Å². The average molecular weight is 354 g/mol. The number of aryl methyl sites for hydroxylation is 3. The van der Waals surface area contributed by atoms with Gasteiger partial charge in [0.1, 0.15) is 0 Å². The smallest absolute Gasteiger partial charge is 0.225 e. The number of hydrogen-bond acceptors (Lipinski definition) is 3. The van der Waals surface area contributed by atoms with E-state index >= 15 is 0 Å². The van der Waals surface area contributed by atoms with Crippen LogP contribution in [0.15, 0.2) is 36.5 Å². The number of carbonyl (C=O) groups excluding carboxylic acids is 1. The molecule has 0 spiro atoms. The summed E-state index contributed by atoms with van der Waals surface area (Å²) in [7, 11) is 3.58. The Morgan fingerprint density at radius 2 is 2.12 bits per heavy atom. The van der Waals surface area contributed by atoms with Gasteiger partial charge in [0.25, 0.3) is 0 Å². The first-order valence-corrected chi connectivity index (χ1v) is 8.94. The maximum absolute atomic E-state index is 12.2. The average Bonchev–Trinajstić information content (AvgIpc) is 3.13. The molecule has 0 bridgehead atoms. The molecule has 0 unspecified atom stereocenters. The topological polar surface area (TPSA) is 61.1 Å². The number of aromatic nitrogens is 3. The van der Waals surface area contributed by atoms with Crippen LogP contribution in [0.5, 0.6) is 0 Å². The van der Waals surface area contributed by atoms with Gasteiger partial charge in [-0.3, -0.25) is 9.48 Å². The highest BCUT2D eigenvalue weighted by Crippen LogP contribution is 2.23. The lowest BCUT2D eigenvalue weighted by molar-refractivity contribution is -0.116. The molecule has 6 nitrogen and oxygen atoms in total. The van der Waals surface area contributed by atoms with Crippen LogP contribution in [0.4, 0.5) is 5.82 Å². The first-order valence-electron chi connectivity index (χ1n) is 8.94. The molecule has 0 radical (unpaired) electrons. The standard InChI is InChI=1S/C20H26N4O2/c1-15-13-19(22-23(15)2)21-20(25)10-6-7-16-14-24(11-12-26-3)18-9-5-4-8-17(16)18/h4-5,8-9,13-14H,6-7,10-12H2,1-3H3,(H,21,22,25). The highest BCUT2D eigenvalue weighted by Gasteiger charge is 2.10. The van der Waals surface area contributed by atoms with Crippen molar-refractivity contribution in [3.63, 3.8) is 0 Å². The van der Waals surface area contributed by atoms with Crippen LogP contribution in [-0.4, -0.2) is 34.0 Å². The van der Waals surface area contributed by atoms with E-state index in [2.05, 4.69) is 45.4 Å². The Hall–Kier alpha value is -2.60. The summed E-state index contributed by atoms with van der Waals surface area (Å²) in [4.78, 5) is 12.2. The van der Waals surface area contributed by atoms with Crippen LogP contribution in [0, 0.1) is 6.92 Å². The van der Waals surface area contributed by atoms with E-state index in [0.717, 1.165) is 25.1 Å². The summed E-state index contributed by atoms with van der Waals surface area (Å²) in [6, 6.07) is 10.3. The van der Waals surface area contributed by atoms with E-state index < -0.39 is 0 Å². The molecule has 26 heavy (non-hydrogen) atoms. The molecule has 2 aromatic heterocycles. The lowest BCUT2D eigenvalue weighted by Crippen LogP contribution is -2.12. The van der Waals surface area contributed by atoms with Crippen molar-refractivity contribution in [3.05, 3.63) is 47.8 Å². The fourth-order valence-electron chi connectivity index (χ4n) is 3.16. The Morgan fingerprint density at radius 1 is 1.31 bits per heavy atom. The fourth-order valence-corrected chi connectivity index (χ4v) is 3.16. The molecule has 0 saturated carbocycles. The second-order valence-electron chi connectivity index (χ2n) is 6.55. The van der Waals surface area contributed by atoms with Crippen LogP contribution in [0.2, 0.25) is 0 Å². The number of ether oxygens (including phenoxy) is 1. The quantitative estimate of drug-likeness (QED) is 0.675. The number of methoxy groups -OCH3 is 1. The zero-order valence-corrected chi connectivity index (χ0v) is 15.7. The molecule has 3 aromatic rings. The van der Waals surface area contributed by atoms with Crippen molar-refractivity contribution >= 4 is 22.6 Å². The molecular formula is C20H26N4O2. The summed E-state index contributed by atoms with van der Waals surface area (Å²) in [5.74, 6) is 0.623. The van der Waals surface area contributed by atoms with Crippen molar-refractivity contribution < 1.29 is 9.53 Å². The van der Waals surface area contributed by atoms with E-state index in [9.17, 15) is 4.79 Å². The molecule has 0 aliphatic carbocycles. The lowest BCUT2D eigenvalue weighted by atomic mass is 10.1. The van der Waals surface area contributed by atoms with Crippen molar-refractivity contribution in [1.29, 1.82) is 0 Å². The molecule has 0 saturated heterocycles. The number of amides is 1. The number of benzene rings is 1. The van der Waals surface area contributed by atoms with Crippen LogP contribution in [0.3, 0.4) is 0 Å². The Balaban J connectivity index is 1.60. The van der Waals surface area contributed by atoms with Gasteiger partial charge in [-0.15, -0.1) is 0 Å². The Morgan fingerprint density at radius 3 is 2.85 bits per heavy atom. The van der Waals surface area contributed by atoms with Crippen molar-refractivity contribution in [2.45, 2.75) is 32.7 Å². The van der Waals surface area contributed by atoms with Gasteiger partial charge in [0.15, 0.2) is 5.82 Å². The molecule has 0 aliphatic rings. The van der Waals surface area contributed by atoms with Gasteiger partial charge in [-0.05, 0) is 31.4 Å². The van der Waals surface area contributed by atoms with Crippen LogP contribution < -0.4 is 5.32 Å². The molecule has 0 aliphatic heterocycles. The molecule has 2 heterocycles. The number of nitrogens with zero attached hydrogens (tertiary/aromatic N) is 3. The third-order valence-corrected chi connectivity index (χ3v) is 4.64. The van der Waals surface area contributed by atoms with Crippen LogP contribution in [0.25, 0.3) is 10.9 Å². The number of hydrogen-bond donors (Lipinski definition) is 1. The Kier molecular flexibility index (Phi) is 5.73. The van der Waals surface area contributed by atoms with Crippen molar-refractivity contribution in [3.8, 4) is 0 Å². The van der Waals surface area contributed by atoms with Crippen molar-refractivity contribution in [2.75, 3.05) is 19.0 Å². The molecule has 138 valence electrons. The summed E-state index contributed by atoms with van der Waals surface area (Å²) >= 11 is 0. The van der Waals surface area contributed by atoms with Crippen LogP contribution in [0.1, 0.15) is 24.1 Å². The second-order valence-corrected chi connectivity index (χ2v) is 6.55. The van der Waals surface area contributed by atoms with E-state index in [4.69, 9.17) is 4.74 Å². The minimum Gasteiger partial charge on any atom is -0.383 e. The van der Waals surface area contributed by atoms with Gasteiger partial charge in [0, 0.05) is 56.0 Å². The zero-order chi connectivity index (χ0) is 18.5. The first kappa shape index (κ1) is 18.2. The second kappa shape index (κ2) is 8.19. The highest BCUT2D eigenvalue weighted by molar-refractivity contribution is 5.90. The summed E-state index contributed by atoms with van der Waals surface area (Å²) in [6.07, 6.45) is 4.34. The number of carbonyl (C=O) groups is 1. The zero-order valence-electron chi connectivity index (χ0n) is 15.7. The van der Waals surface area contributed by atoms with Gasteiger partial charge in [0.2, 0.25) is 5.91 Å². The van der Waals surface area contributed by atoms with Crippen LogP contribution in [-0.2, 0) is 29.5 Å².